The second-order valence-corrected chi connectivity index (χ2v) is 7.18. The van der Waals surface area contributed by atoms with Crippen LogP contribution in [0.4, 0.5) is 10.6 Å². The highest BCUT2D eigenvalue weighted by molar-refractivity contribution is 6.28. The molecule has 3 aromatic heterocycles. The minimum Gasteiger partial charge on any atom is -0.429 e. The maximum Gasteiger partial charge on any atom is 0.509 e. The molecule has 3 atom stereocenters. The number of fused-ring (bicyclic) bond motifs is 1. The fourth-order valence-electron chi connectivity index (χ4n) is 3.40. The number of aliphatic hydroxyl groups is 1. The third-order valence-corrected chi connectivity index (χ3v) is 5.13. The Morgan fingerprint density at radius 2 is 2.32 bits per heavy atom. The van der Waals surface area contributed by atoms with Gasteiger partial charge < -0.3 is 29.6 Å². The van der Waals surface area contributed by atoms with Crippen LogP contribution >= 0.6 is 11.6 Å². The number of aromatic nitrogens is 4. The van der Waals surface area contributed by atoms with Crippen molar-refractivity contribution in [3.05, 3.63) is 47.6 Å². The first kappa shape index (κ1) is 20.9. The lowest BCUT2D eigenvalue weighted by Crippen LogP contribution is -2.44. The molecule has 31 heavy (non-hydrogen) atoms. The van der Waals surface area contributed by atoms with Crippen molar-refractivity contribution in [2.75, 3.05) is 12.3 Å². The summed E-state index contributed by atoms with van der Waals surface area (Å²) in [6.07, 6.45) is 8.00. The number of hydrogen-bond donors (Lipinski definition) is 2. The molecule has 3 N–H and O–H groups in total. The summed E-state index contributed by atoms with van der Waals surface area (Å²) < 4.78 is 18.1. The van der Waals surface area contributed by atoms with Crippen molar-refractivity contribution in [1.82, 2.24) is 19.5 Å². The molecule has 1 aliphatic heterocycles. The average Bonchev–Trinajstić information content (AvgIpc) is 3.35. The first-order valence-corrected chi connectivity index (χ1v) is 9.62. The summed E-state index contributed by atoms with van der Waals surface area (Å²) in [5.74, 6) is 2.62. The van der Waals surface area contributed by atoms with E-state index in [1.54, 1.807) is 41.4 Å². The SMILES string of the molecule is C#C[C@]1(CO)O[C@@H](n2ccc3c(N)nc(Cl)nc32)C[C@@H]1OC(=O)OCc1cccnc1. The zero-order valence-electron chi connectivity index (χ0n) is 16.1. The van der Waals surface area contributed by atoms with Crippen LogP contribution in [0.3, 0.4) is 0 Å². The fourth-order valence-corrected chi connectivity index (χ4v) is 3.57. The molecule has 0 unspecified atom stereocenters. The van der Waals surface area contributed by atoms with Crippen molar-refractivity contribution < 1.29 is 24.1 Å². The lowest BCUT2D eigenvalue weighted by atomic mass is 9.99. The van der Waals surface area contributed by atoms with Crippen LogP contribution < -0.4 is 5.73 Å². The highest BCUT2D eigenvalue weighted by atomic mass is 35.5. The summed E-state index contributed by atoms with van der Waals surface area (Å²) >= 11 is 5.93. The van der Waals surface area contributed by atoms with Crippen LogP contribution in [0.1, 0.15) is 18.2 Å². The van der Waals surface area contributed by atoms with Gasteiger partial charge in [-0.2, -0.15) is 4.98 Å². The molecule has 0 aliphatic carbocycles. The zero-order valence-corrected chi connectivity index (χ0v) is 16.9. The molecule has 1 aliphatic rings. The van der Waals surface area contributed by atoms with E-state index in [0.717, 1.165) is 0 Å². The Kier molecular flexibility index (Phi) is 5.65. The summed E-state index contributed by atoms with van der Waals surface area (Å²) in [5.41, 5.74) is 5.45. The Balaban J connectivity index is 1.53. The number of nitrogen functional groups attached to an aromatic ring is 1. The molecule has 1 fully saturated rings. The second-order valence-electron chi connectivity index (χ2n) is 6.84. The summed E-state index contributed by atoms with van der Waals surface area (Å²) in [6, 6.07) is 5.18. The summed E-state index contributed by atoms with van der Waals surface area (Å²) in [5, 5.41) is 10.5. The lowest BCUT2D eigenvalue weighted by Gasteiger charge is -2.26. The largest absolute Gasteiger partial charge is 0.509 e. The molecule has 0 saturated carbocycles. The van der Waals surface area contributed by atoms with E-state index in [9.17, 15) is 9.90 Å². The normalized spacial score (nSPS) is 22.9. The second kappa shape index (κ2) is 8.39. The van der Waals surface area contributed by atoms with E-state index < -0.39 is 30.7 Å². The smallest absolute Gasteiger partial charge is 0.429 e. The Labute approximate surface area is 181 Å². The fraction of sp³-hybridized carbons (Fsp3) is 0.300. The maximum absolute atomic E-state index is 12.3. The molecule has 0 radical (unpaired) electrons. The Bertz CT molecular complexity index is 1150. The number of hydrogen-bond acceptors (Lipinski definition) is 9. The van der Waals surface area contributed by atoms with E-state index >= 15 is 0 Å². The number of terminal acetylenes is 1. The molecule has 1 saturated heterocycles. The first-order chi connectivity index (χ1) is 15.0. The Morgan fingerprint density at radius 1 is 1.48 bits per heavy atom. The minimum absolute atomic E-state index is 0.0250. The van der Waals surface area contributed by atoms with Crippen LogP contribution in [0.25, 0.3) is 11.0 Å². The zero-order chi connectivity index (χ0) is 22.0. The van der Waals surface area contributed by atoms with Crippen LogP contribution in [-0.4, -0.2) is 49.1 Å². The highest BCUT2D eigenvalue weighted by Crippen LogP contribution is 2.40. The predicted octanol–water partition coefficient (Wildman–Crippen LogP) is 2.07. The summed E-state index contributed by atoms with van der Waals surface area (Å²) in [7, 11) is 0. The molecule has 4 rings (SSSR count). The van der Waals surface area contributed by atoms with Gasteiger partial charge in [0.15, 0.2) is 11.7 Å². The molecule has 10 nitrogen and oxygen atoms in total. The quantitative estimate of drug-likeness (QED) is 0.345. The van der Waals surface area contributed by atoms with E-state index in [4.69, 9.17) is 38.0 Å². The van der Waals surface area contributed by atoms with Gasteiger partial charge in [-0.05, 0) is 23.7 Å². The van der Waals surface area contributed by atoms with E-state index in [2.05, 4.69) is 20.9 Å². The number of anilines is 1. The minimum atomic E-state index is -1.56. The molecular weight excluding hydrogens is 426 g/mol. The molecule has 0 bridgehead atoms. The van der Waals surface area contributed by atoms with Gasteiger partial charge in [0.2, 0.25) is 5.28 Å². The van der Waals surface area contributed by atoms with Gasteiger partial charge in [0.05, 0.1) is 12.0 Å². The number of carbonyl (C=O) groups excluding carboxylic acids is 1. The number of aliphatic hydroxyl groups excluding tert-OH is 1. The summed E-state index contributed by atoms with van der Waals surface area (Å²) in [6.45, 7) is -0.597. The Morgan fingerprint density at radius 3 is 3.03 bits per heavy atom. The van der Waals surface area contributed by atoms with Crippen LogP contribution in [-0.2, 0) is 20.8 Å². The number of halogens is 1. The van der Waals surface area contributed by atoms with Crippen molar-refractivity contribution in [3.63, 3.8) is 0 Å². The Hall–Kier alpha value is -3.39. The van der Waals surface area contributed by atoms with Gasteiger partial charge in [0, 0.05) is 30.6 Å². The van der Waals surface area contributed by atoms with Crippen molar-refractivity contribution >= 4 is 34.6 Å². The van der Waals surface area contributed by atoms with Gasteiger partial charge in [-0.1, -0.05) is 12.0 Å². The molecule has 160 valence electrons. The van der Waals surface area contributed by atoms with Crippen LogP contribution in [0.2, 0.25) is 5.28 Å². The van der Waals surface area contributed by atoms with Gasteiger partial charge in [0.1, 0.15) is 24.3 Å². The average molecular weight is 444 g/mol. The van der Waals surface area contributed by atoms with Crippen molar-refractivity contribution in [2.45, 2.75) is 31.0 Å². The molecule has 3 aromatic rings. The van der Waals surface area contributed by atoms with Crippen molar-refractivity contribution in [3.8, 4) is 12.3 Å². The maximum atomic E-state index is 12.3. The molecule has 0 amide bonds. The van der Waals surface area contributed by atoms with Crippen molar-refractivity contribution in [1.29, 1.82) is 0 Å². The van der Waals surface area contributed by atoms with Crippen LogP contribution in [0.15, 0.2) is 36.8 Å². The lowest BCUT2D eigenvalue weighted by molar-refractivity contribution is -0.0979. The molecule has 11 heteroatoms. The number of carbonyl (C=O) groups is 1. The van der Waals surface area contributed by atoms with Gasteiger partial charge in [-0.25, -0.2) is 9.78 Å². The van der Waals surface area contributed by atoms with E-state index in [-0.39, 0.29) is 24.1 Å². The molecular formula is C20H18ClN5O5. The number of rotatable bonds is 5. The van der Waals surface area contributed by atoms with E-state index in [1.807, 2.05) is 0 Å². The third-order valence-electron chi connectivity index (χ3n) is 4.96. The van der Waals surface area contributed by atoms with Crippen LogP contribution in [0, 0.1) is 12.3 Å². The topological polar surface area (TPSA) is 135 Å². The van der Waals surface area contributed by atoms with Gasteiger partial charge in [0.25, 0.3) is 0 Å². The third kappa shape index (κ3) is 3.98. The number of nitrogens with zero attached hydrogens (tertiary/aromatic N) is 4. The standard InChI is InChI=1S/C20H18ClN5O5/c1-2-20(11-27)14(30-19(28)29-10-12-4-3-6-23-9-12)8-15(31-20)26-7-5-13-16(22)24-18(21)25-17(13)26/h1,3-7,9,14-15,27H,8,10-11H2,(H2,22,24,25)/t14-,15+,20+/m0/s1. The van der Waals surface area contributed by atoms with Gasteiger partial charge in [-0.3, -0.25) is 4.98 Å². The van der Waals surface area contributed by atoms with Crippen LogP contribution in [0.5, 0.6) is 0 Å². The molecule has 4 heterocycles. The monoisotopic (exact) mass is 443 g/mol. The van der Waals surface area contributed by atoms with Crippen molar-refractivity contribution in [2.24, 2.45) is 0 Å². The number of pyridine rings is 1. The molecule has 0 spiro atoms. The van der Waals surface area contributed by atoms with E-state index in [1.165, 1.54) is 0 Å². The molecule has 0 aromatic carbocycles. The predicted molar refractivity (Wildman–Crippen MR) is 110 cm³/mol. The number of ether oxygens (including phenoxy) is 3. The van der Waals surface area contributed by atoms with Gasteiger partial charge in [-0.15, -0.1) is 6.42 Å². The van der Waals surface area contributed by atoms with E-state index in [0.29, 0.717) is 16.6 Å². The number of nitrogens with two attached hydrogens (primary N) is 1. The summed E-state index contributed by atoms with van der Waals surface area (Å²) in [4.78, 5) is 24.3. The highest BCUT2D eigenvalue weighted by Gasteiger charge is 2.51. The van der Waals surface area contributed by atoms with Gasteiger partial charge >= 0.3 is 6.16 Å². The first-order valence-electron chi connectivity index (χ1n) is 9.24.